The summed E-state index contributed by atoms with van der Waals surface area (Å²) in [5.74, 6) is 0.934. The predicted molar refractivity (Wildman–Crippen MR) is 85.1 cm³/mol. The first-order chi connectivity index (χ1) is 10.2. The Balaban J connectivity index is 0.000000225. The summed E-state index contributed by atoms with van der Waals surface area (Å²) in [6, 6.07) is 5.51. The summed E-state index contributed by atoms with van der Waals surface area (Å²) in [7, 11) is 3.77. The van der Waals surface area contributed by atoms with Gasteiger partial charge in [-0.1, -0.05) is 0 Å². The van der Waals surface area contributed by atoms with E-state index < -0.39 is 0 Å². The van der Waals surface area contributed by atoms with E-state index in [4.69, 9.17) is 4.74 Å². The molecular formula is C16H25N3O2. The third-order valence-corrected chi connectivity index (χ3v) is 3.72. The maximum absolute atomic E-state index is 11.1. The van der Waals surface area contributed by atoms with Crippen LogP contribution in [0.15, 0.2) is 18.2 Å². The number of aryl methyl sites for hydroxylation is 1. The molecule has 5 nitrogen and oxygen atoms in total. The Hall–Kier alpha value is -1.75. The van der Waals surface area contributed by atoms with E-state index in [-0.39, 0.29) is 6.03 Å². The average molecular weight is 291 g/mol. The molecule has 0 radical (unpaired) electrons. The number of likely N-dealkylation sites (tertiary alicyclic amines) is 1. The smallest absolute Gasteiger partial charge is 0.318 e. The number of rotatable bonds is 1. The SMILES string of the molecule is CN1CCCC1.CNC(=O)Nc1ccc2c(c1)CCCO2. The van der Waals surface area contributed by atoms with Gasteiger partial charge in [0.25, 0.3) is 0 Å². The number of hydrogen-bond acceptors (Lipinski definition) is 3. The molecule has 2 aliphatic rings. The Bertz CT molecular complexity index is 471. The van der Waals surface area contributed by atoms with Gasteiger partial charge in [-0.2, -0.15) is 0 Å². The Morgan fingerprint density at radius 1 is 1.24 bits per heavy atom. The number of ether oxygens (including phenoxy) is 1. The molecule has 0 spiro atoms. The lowest BCUT2D eigenvalue weighted by atomic mass is 10.1. The maximum Gasteiger partial charge on any atom is 0.318 e. The monoisotopic (exact) mass is 291 g/mol. The molecule has 1 aromatic rings. The van der Waals surface area contributed by atoms with Crippen LogP contribution in [0.4, 0.5) is 10.5 Å². The lowest BCUT2D eigenvalue weighted by Crippen LogP contribution is -2.24. The minimum absolute atomic E-state index is 0.202. The van der Waals surface area contributed by atoms with E-state index in [0.29, 0.717) is 0 Å². The van der Waals surface area contributed by atoms with Crippen molar-refractivity contribution in [2.24, 2.45) is 0 Å². The summed E-state index contributed by atoms with van der Waals surface area (Å²) in [5, 5.41) is 5.25. The van der Waals surface area contributed by atoms with Gasteiger partial charge in [-0.05, 0) is 69.6 Å². The number of carbonyl (C=O) groups is 1. The predicted octanol–water partition coefficient (Wildman–Crippen LogP) is 2.47. The van der Waals surface area contributed by atoms with Crippen LogP contribution in [0.1, 0.15) is 24.8 Å². The van der Waals surface area contributed by atoms with Gasteiger partial charge < -0.3 is 20.3 Å². The number of nitrogens with one attached hydrogen (secondary N) is 2. The van der Waals surface area contributed by atoms with Gasteiger partial charge in [0.05, 0.1) is 6.61 Å². The molecule has 0 unspecified atom stereocenters. The first-order valence-electron chi connectivity index (χ1n) is 7.62. The van der Waals surface area contributed by atoms with Crippen LogP contribution < -0.4 is 15.4 Å². The largest absolute Gasteiger partial charge is 0.493 e. The minimum atomic E-state index is -0.202. The number of fused-ring (bicyclic) bond motifs is 1. The van der Waals surface area contributed by atoms with E-state index in [1.54, 1.807) is 7.05 Å². The summed E-state index contributed by atoms with van der Waals surface area (Å²) < 4.78 is 5.48. The van der Waals surface area contributed by atoms with Crippen molar-refractivity contribution in [2.45, 2.75) is 25.7 Å². The molecule has 2 N–H and O–H groups in total. The number of anilines is 1. The Labute approximate surface area is 126 Å². The minimum Gasteiger partial charge on any atom is -0.493 e. The molecule has 2 aliphatic heterocycles. The van der Waals surface area contributed by atoms with Gasteiger partial charge in [0.15, 0.2) is 0 Å². The second-order valence-corrected chi connectivity index (χ2v) is 5.49. The van der Waals surface area contributed by atoms with Crippen LogP contribution in [0.5, 0.6) is 5.75 Å². The summed E-state index contributed by atoms with van der Waals surface area (Å²) >= 11 is 0. The van der Waals surface area contributed by atoms with Gasteiger partial charge in [-0.25, -0.2) is 4.79 Å². The third-order valence-electron chi connectivity index (χ3n) is 3.72. The van der Waals surface area contributed by atoms with Gasteiger partial charge >= 0.3 is 6.03 Å². The molecule has 3 rings (SSSR count). The maximum atomic E-state index is 11.1. The molecular weight excluding hydrogens is 266 g/mol. The van der Waals surface area contributed by atoms with Crippen LogP contribution in [0.2, 0.25) is 0 Å². The topological polar surface area (TPSA) is 53.6 Å². The number of carbonyl (C=O) groups excluding carboxylic acids is 1. The Morgan fingerprint density at radius 3 is 2.62 bits per heavy atom. The number of benzene rings is 1. The second kappa shape index (κ2) is 7.88. The van der Waals surface area contributed by atoms with Crippen molar-refractivity contribution in [3.63, 3.8) is 0 Å². The van der Waals surface area contributed by atoms with Crippen LogP contribution in [0, 0.1) is 0 Å². The van der Waals surface area contributed by atoms with E-state index in [2.05, 4.69) is 22.6 Å². The van der Waals surface area contributed by atoms with Gasteiger partial charge in [0.2, 0.25) is 0 Å². The number of hydrogen-bond donors (Lipinski definition) is 2. The van der Waals surface area contributed by atoms with E-state index in [9.17, 15) is 4.79 Å². The summed E-state index contributed by atoms with van der Waals surface area (Å²) in [6.07, 6.45) is 4.88. The molecule has 1 aromatic carbocycles. The quantitative estimate of drug-likeness (QED) is 0.836. The van der Waals surface area contributed by atoms with E-state index in [0.717, 1.165) is 36.4 Å². The van der Waals surface area contributed by atoms with Crippen molar-refractivity contribution in [3.8, 4) is 5.75 Å². The molecule has 0 saturated carbocycles. The lowest BCUT2D eigenvalue weighted by molar-refractivity contribution is 0.254. The zero-order valence-corrected chi connectivity index (χ0v) is 12.9. The first-order valence-corrected chi connectivity index (χ1v) is 7.62. The van der Waals surface area contributed by atoms with Gasteiger partial charge in [-0.15, -0.1) is 0 Å². The molecule has 1 saturated heterocycles. The molecule has 0 aromatic heterocycles. The molecule has 116 valence electrons. The fourth-order valence-electron chi connectivity index (χ4n) is 2.51. The van der Waals surface area contributed by atoms with Crippen molar-refractivity contribution in [1.29, 1.82) is 0 Å². The third kappa shape index (κ3) is 4.93. The molecule has 1 fully saturated rings. The van der Waals surface area contributed by atoms with Gasteiger partial charge in [0.1, 0.15) is 5.75 Å². The second-order valence-electron chi connectivity index (χ2n) is 5.49. The number of urea groups is 1. The molecule has 0 aliphatic carbocycles. The van der Waals surface area contributed by atoms with Crippen LogP contribution in [0.25, 0.3) is 0 Å². The van der Waals surface area contributed by atoms with Gasteiger partial charge in [0, 0.05) is 12.7 Å². The highest BCUT2D eigenvalue weighted by Crippen LogP contribution is 2.27. The summed E-state index contributed by atoms with van der Waals surface area (Å²) in [4.78, 5) is 13.5. The first kappa shape index (κ1) is 15.6. The molecule has 2 heterocycles. The zero-order chi connectivity index (χ0) is 15.1. The number of nitrogens with zero attached hydrogens (tertiary/aromatic N) is 1. The standard InChI is InChI=1S/C11H14N2O2.C5H11N/c1-12-11(14)13-9-4-5-10-8(7-9)3-2-6-15-10;1-6-4-2-3-5-6/h4-5,7H,2-3,6H2,1H3,(H2,12,13,14);2-5H2,1H3. The van der Waals surface area contributed by atoms with Crippen molar-refractivity contribution in [1.82, 2.24) is 10.2 Å². The summed E-state index contributed by atoms with van der Waals surface area (Å²) in [6.45, 7) is 3.43. The Kier molecular flexibility index (Phi) is 5.87. The number of amides is 2. The molecule has 0 atom stereocenters. The van der Waals surface area contributed by atoms with E-state index in [1.807, 2.05) is 18.2 Å². The van der Waals surface area contributed by atoms with Crippen LogP contribution in [0.3, 0.4) is 0 Å². The van der Waals surface area contributed by atoms with Crippen molar-refractivity contribution in [3.05, 3.63) is 23.8 Å². The molecule has 2 amide bonds. The fraction of sp³-hybridized carbons (Fsp3) is 0.562. The van der Waals surface area contributed by atoms with Crippen molar-refractivity contribution >= 4 is 11.7 Å². The summed E-state index contributed by atoms with van der Waals surface area (Å²) in [5.41, 5.74) is 1.97. The van der Waals surface area contributed by atoms with Crippen LogP contribution in [-0.4, -0.2) is 44.7 Å². The van der Waals surface area contributed by atoms with Gasteiger partial charge in [-0.3, -0.25) is 0 Å². The lowest BCUT2D eigenvalue weighted by Gasteiger charge is -2.17. The van der Waals surface area contributed by atoms with Crippen LogP contribution >= 0.6 is 0 Å². The molecule has 21 heavy (non-hydrogen) atoms. The average Bonchev–Trinajstić information content (AvgIpc) is 2.99. The molecule has 0 bridgehead atoms. The normalized spacial score (nSPS) is 17.0. The van der Waals surface area contributed by atoms with E-state index in [1.165, 1.54) is 25.9 Å². The van der Waals surface area contributed by atoms with Crippen molar-refractivity contribution < 1.29 is 9.53 Å². The molecule has 5 heteroatoms. The van der Waals surface area contributed by atoms with Crippen molar-refractivity contribution in [2.75, 3.05) is 39.1 Å². The van der Waals surface area contributed by atoms with E-state index >= 15 is 0 Å². The zero-order valence-electron chi connectivity index (χ0n) is 12.9. The fourth-order valence-corrected chi connectivity index (χ4v) is 2.51. The highest BCUT2D eigenvalue weighted by molar-refractivity contribution is 5.89. The highest BCUT2D eigenvalue weighted by atomic mass is 16.5. The van der Waals surface area contributed by atoms with Crippen LogP contribution in [-0.2, 0) is 6.42 Å². The highest BCUT2D eigenvalue weighted by Gasteiger charge is 2.10. The Morgan fingerprint density at radius 2 is 2.00 bits per heavy atom.